The van der Waals surface area contributed by atoms with Gasteiger partial charge < -0.3 is 15.5 Å². The quantitative estimate of drug-likeness (QED) is 0.732. The fraction of sp³-hybridized carbons (Fsp3) is 0.909. The highest BCUT2D eigenvalue weighted by Gasteiger charge is 2.24. The Bertz CT molecular complexity index is 218. The third kappa shape index (κ3) is 3.80. The summed E-state index contributed by atoms with van der Waals surface area (Å²) in [7, 11) is 4.00. The summed E-state index contributed by atoms with van der Waals surface area (Å²) < 4.78 is 0. The Morgan fingerprint density at radius 1 is 1.67 bits per heavy atom. The molecular formula is C11H23N3O. The Morgan fingerprint density at radius 3 is 2.87 bits per heavy atom. The molecular weight excluding hydrogens is 190 g/mol. The summed E-state index contributed by atoms with van der Waals surface area (Å²) in [6.07, 6.45) is 2.75. The van der Waals surface area contributed by atoms with E-state index in [-0.39, 0.29) is 11.9 Å². The van der Waals surface area contributed by atoms with Crippen molar-refractivity contribution in [3.05, 3.63) is 0 Å². The number of carbonyl (C=O) groups excluding carboxylic acids is 1. The maximum Gasteiger partial charge on any atom is 0.224 e. The molecule has 4 nitrogen and oxygen atoms in total. The lowest BCUT2D eigenvalue weighted by molar-refractivity contribution is -0.133. The average molecular weight is 213 g/mol. The number of amides is 1. The summed E-state index contributed by atoms with van der Waals surface area (Å²) >= 11 is 0. The van der Waals surface area contributed by atoms with E-state index >= 15 is 0 Å². The van der Waals surface area contributed by atoms with Crippen molar-refractivity contribution >= 4 is 5.91 Å². The predicted molar refractivity (Wildman–Crippen MR) is 61.6 cm³/mol. The van der Waals surface area contributed by atoms with E-state index in [9.17, 15) is 4.79 Å². The lowest BCUT2D eigenvalue weighted by Crippen LogP contribution is -2.48. The molecule has 4 heteroatoms. The van der Waals surface area contributed by atoms with Crippen LogP contribution in [0.5, 0.6) is 0 Å². The smallest absolute Gasteiger partial charge is 0.224 e. The highest BCUT2D eigenvalue weighted by molar-refractivity contribution is 5.76. The number of nitrogens with two attached hydrogens (primary N) is 1. The van der Waals surface area contributed by atoms with Crippen LogP contribution in [-0.4, -0.2) is 55.0 Å². The second kappa shape index (κ2) is 5.47. The van der Waals surface area contributed by atoms with Crippen LogP contribution in [0.25, 0.3) is 0 Å². The topological polar surface area (TPSA) is 49.6 Å². The molecule has 2 unspecified atom stereocenters. The number of rotatable bonds is 3. The van der Waals surface area contributed by atoms with Gasteiger partial charge in [-0.3, -0.25) is 4.79 Å². The fourth-order valence-electron chi connectivity index (χ4n) is 2.08. The molecule has 0 saturated carbocycles. The van der Waals surface area contributed by atoms with Gasteiger partial charge in [-0.2, -0.15) is 0 Å². The summed E-state index contributed by atoms with van der Waals surface area (Å²) in [5.74, 6) is 0.172. The molecule has 1 aliphatic heterocycles. The summed E-state index contributed by atoms with van der Waals surface area (Å²) in [5.41, 5.74) is 5.63. The van der Waals surface area contributed by atoms with Gasteiger partial charge in [-0.05, 0) is 33.4 Å². The van der Waals surface area contributed by atoms with Crippen molar-refractivity contribution in [3.8, 4) is 0 Å². The van der Waals surface area contributed by atoms with Crippen LogP contribution < -0.4 is 5.73 Å². The largest absolute Gasteiger partial charge is 0.341 e. The maximum absolute atomic E-state index is 11.8. The van der Waals surface area contributed by atoms with Crippen LogP contribution in [-0.2, 0) is 4.79 Å². The van der Waals surface area contributed by atoms with Crippen molar-refractivity contribution < 1.29 is 4.79 Å². The van der Waals surface area contributed by atoms with Crippen molar-refractivity contribution in [3.63, 3.8) is 0 Å². The van der Waals surface area contributed by atoms with Gasteiger partial charge in [0.1, 0.15) is 0 Å². The molecule has 1 rings (SSSR count). The molecule has 1 aliphatic rings. The molecule has 88 valence electrons. The van der Waals surface area contributed by atoms with E-state index in [1.54, 1.807) is 0 Å². The molecule has 0 bridgehead atoms. The highest BCUT2D eigenvalue weighted by Crippen LogP contribution is 2.14. The van der Waals surface area contributed by atoms with Crippen molar-refractivity contribution in [2.45, 2.75) is 38.3 Å². The number of likely N-dealkylation sites (tertiary alicyclic amines) is 1. The van der Waals surface area contributed by atoms with Gasteiger partial charge in [0, 0.05) is 32.1 Å². The van der Waals surface area contributed by atoms with Crippen LogP contribution in [0.15, 0.2) is 0 Å². The Balaban J connectivity index is 2.44. The number of hydrogen-bond donors (Lipinski definition) is 1. The summed E-state index contributed by atoms with van der Waals surface area (Å²) in [6.45, 7) is 4.01. The summed E-state index contributed by atoms with van der Waals surface area (Å²) in [5, 5.41) is 0. The molecule has 0 aromatic carbocycles. The lowest BCUT2D eigenvalue weighted by atomic mass is 10.0. The average Bonchev–Trinajstić information content (AvgIpc) is 2.15. The third-order valence-corrected chi connectivity index (χ3v) is 3.04. The number of piperidine rings is 1. The SMILES string of the molecule is CC(N)CC(=O)N(C)C1CCCN(C)C1. The minimum atomic E-state index is -0.0405. The van der Waals surface area contributed by atoms with Crippen molar-refractivity contribution in [1.29, 1.82) is 0 Å². The number of carbonyl (C=O) groups is 1. The molecule has 1 saturated heterocycles. The monoisotopic (exact) mass is 213 g/mol. The van der Waals surface area contributed by atoms with Gasteiger partial charge in [0.25, 0.3) is 0 Å². The zero-order valence-corrected chi connectivity index (χ0v) is 10.1. The normalized spacial score (nSPS) is 24.9. The van der Waals surface area contributed by atoms with Crippen molar-refractivity contribution in [2.75, 3.05) is 27.2 Å². The van der Waals surface area contributed by atoms with Gasteiger partial charge in [-0.25, -0.2) is 0 Å². The van der Waals surface area contributed by atoms with Gasteiger partial charge in [-0.15, -0.1) is 0 Å². The number of nitrogens with zero attached hydrogens (tertiary/aromatic N) is 2. The van der Waals surface area contributed by atoms with Crippen LogP contribution in [0, 0.1) is 0 Å². The van der Waals surface area contributed by atoms with Gasteiger partial charge in [0.05, 0.1) is 0 Å². The van der Waals surface area contributed by atoms with Gasteiger partial charge in [0.2, 0.25) is 5.91 Å². The molecule has 15 heavy (non-hydrogen) atoms. The Hall–Kier alpha value is -0.610. The number of likely N-dealkylation sites (N-methyl/N-ethyl adjacent to an activating group) is 2. The first kappa shape index (κ1) is 12.5. The molecule has 2 N–H and O–H groups in total. The van der Waals surface area contributed by atoms with Crippen LogP contribution in [0.1, 0.15) is 26.2 Å². The highest BCUT2D eigenvalue weighted by atomic mass is 16.2. The minimum absolute atomic E-state index is 0.0405. The standard InChI is InChI=1S/C11H23N3O/c1-9(12)7-11(15)14(3)10-5-4-6-13(2)8-10/h9-10H,4-8,12H2,1-3H3. The van der Waals surface area contributed by atoms with E-state index in [0.29, 0.717) is 12.5 Å². The van der Waals surface area contributed by atoms with Crippen LogP contribution in [0.4, 0.5) is 0 Å². The fourth-order valence-corrected chi connectivity index (χ4v) is 2.08. The maximum atomic E-state index is 11.8. The second-order valence-electron chi connectivity index (χ2n) is 4.74. The predicted octanol–water partition coefficient (Wildman–Crippen LogP) is 0.276. The van der Waals surface area contributed by atoms with E-state index < -0.39 is 0 Å². The molecule has 0 aromatic heterocycles. The molecule has 0 radical (unpaired) electrons. The molecule has 1 amide bonds. The Kier molecular flexibility index (Phi) is 4.54. The van der Waals surface area contributed by atoms with Crippen molar-refractivity contribution in [2.24, 2.45) is 5.73 Å². The van der Waals surface area contributed by atoms with Crippen LogP contribution in [0.2, 0.25) is 0 Å². The van der Waals surface area contributed by atoms with Gasteiger partial charge in [-0.1, -0.05) is 0 Å². The molecule has 2 atom stereocenters. The van der Waals surface area contributed by atoms with Gasteiger partial charge >= 0.3 is 0 Å². The molecule has 0 aliphatic carbocycles. The summed E-state index contributed by atoms with van der Waals surface area (Å²) in [4.78, 5) is 15.9. The Morgan fingerprint density at radius 2 is 2.33 bits per heavy atom. The zero-order valence-electron chi connectivity index (χ0n) is 10.1. The molecule has 1 fully saturated rings. The minimum Gasteiger partial charge on any atom is -0.341 e. The van der Waals surface area contributed by atoms with E-state index in [0.717, 1.165) is 19.5 Å². The molecule has 0 spiro atoms. The van der Waals surface area contributed by atoms with Gasteiger partial charge in [0.15, 0.2) is 0 Å². The molecule has 1 heterocycles. The first-order chi connectivity index (χ1) is 7.00. The first-order valence-corrected chi connectivity index (χ1v) is 5.70. The number of hydrogen-bond acceptors (Lipinski definition) is 3. The third-order valence-electron chi connectivity index (χ3n) is 3.04. The second-order valence-corrected chi connectivity index (χ2v) is 4.74. The van der Waals surface area contributed by atoms with E-state index in [4.69, 9.17) is 5.73 Å². The van der Waals surface area contributed by atoms with Crippen molar-refractivity contribution in [1.82, 2.24) is 9.80 Å². The van der Waals surface area contributed by atoms with E-state index in [2.05, 4.69) is 11.9 Å². The van der Waals surface area contributed by atoms with E-state index in [1.807, 2.05) is 18.9 Å². The first-order valence-electron chi connectivity index (χ1n) is 5.70. The Labute approximate surface area is 92.4 Å². The van der Waals surface area contributed by atoms with Crippen LogP contribution in [0.3, 0.4) is 0 Å². The van der Waals surface area contributed by atoms with E-state index in [1.165, 1.54) is 6.42 Å². The lowest BCUT2D eigenvalue weighted by Gasteiger charge is -2.36. The summed E-state index contributed by atoms with van der Waals surface area (Å²) in [6, 6.07) is 0.330. The van der Waals surface area contributed by atoms with Crippen LogP contribution >= 0.6 is 0 Å². The zero-order chi connectivity index (χ0) is 11.4. The molecule has 0 aromatic rings.